The molecule has 0 aliphatic heterocycles. The first-order chi connectivity index (χ1) is 9.74. The number of pyridine rings is 1. The number of nitrogens with zero attached hydrogens (tertiary/aromatic N) is 1. The Morgan fingerprint density at radius 1 is 1.45 bits per heavy atom. The van der Waals surface area contributed by atoms with Crippen molar-refractivity contribution < 1.29 is 9.53 Å². The van der Waals surface area contributed by atoms with Crippen molar-refractivity contribution in [2.75, 3.05) is 12.9 Å². The largest absolute Gasteiger partial charge is 0.491 e. The number of benzene rings is 1. The lowest BCUT2D eigenvalue weighted by atomic mass is 10.2. The summed E-state index contributed by atoms with van der Waals surface area (Å²) in [6, 6.07) is 7.69. The lowest BCUT2D eigenvalue weighted by molar-refractivity contribution is 0.111. The summed E-state index contributed by atoms with van der Waals surface area (Å²) in [6.45, 7) is 0.504. The average Bonchev–Trinajstić information content (AvgIpc) is 2.49. The highest BCUT2D eigenvalue weighted by molar-refractivity contribution is 9.10. The summed E-state index contributed by atoms with van der Waals surface area (Å²) in [4.78, 5) is 16.2. The summed E-state index contributed by atoms with van der Waals surface area (Å²) < 4.78 is 6.55. The topological polar surface area (TPSA) is 39.2 Å². The van der Waals surface area contributed by atoms with E-state index in [4.69, 9.17) is 4.74 Å². The van der Waals surface area contributed by atoms with Crippen molar-refractivity contribution in [3.63, 3.8) is 0 Å². The summed E-state index contributed by atoms with van der Waals surface area (Å²) in [6.07, 6.45) is 7.11. The predicted octanol–water partition coefficient (Wildman–Crippen LogP) is 4.00. The van der Waals surface area contributed by atoms with Crippen molar-refractivity contribution in [2.24, 2.45) is 0 Å². The van der Waals surface area contributed by atoms with Gasteiger partial charge in [-0.3, -0.25) is 9.78 Å². The van der Waals surface area contributed by atoms with Gasteiger partial charge in [-0.05, 0) is 45.9 Å². The van der Waals surface area contributed by atoms with E-state index < -0.39 is 0 Å². The van der Waals surface area contributed by atoms with E-state index >= 15 is 0 Å². The first kappa shape index (κ1) is 15.1. The highest BCUT2D eigenvalue weighted by Gasteiger charge is 2.10. The molecule has 3 nitrogen and oxygen atoms in total. The van der Waals surface area contributed by atoms with Crippen LogP contribution < -0.4 is 4.74 Å². The van der Waals surface area contributed by atoms with Crippen LogP contribution in [0.1, 0.15) is 15.9 Å². The molecule has 0 atom stereocenters. The SMILES string of the molecule is CSc1cc(Br)c(OCCc2cccnc2)c(C=O)c1. The molecular formula is C15H14BrNO2S. The Hall–Kier alpha value is -1.33. The van der Waals surface area contributed by atoms with Crippen LogP contribution in [0, 0.1) is 0 Å². The zero-order valence-corrected chi connectivity index (χ0v) is 13.4. The van der Waals surface area contributed by atoms with Gasteiger partial charge in [-0.25, -0.2) is 0 Å². The number of thioether (sulfide) groups is 1. The third kappa shape index (κ3) is 3.84. The van der Waals surface area contributed by atoms with Crippen LogP contribution in [0.4, 0.5) is 0 Å². The minimum absolute atomic E-state index is 0.504. The second kappa shape index (κ2) is 7.45. The molecule has 2 aromatic rings. The Kier molecular flexibility index (Phi) is 5.61. The Balaban J connectivity index is 2.07. The molecule has 1 aromatic carbocycles. The van der Waals surface area contributed by atoms with E-state index in [1.807, 2.05) is 36.7 Å². The lowest BCUT2D eigenvalue weighted by Gasteiger charge is -2.12. The van der Waals surface area contributed by atoms with E-state index in [-0.39, 0.29) is 0 Å². The maximum Gasteiger partial charge on any atom is 0.153 e. The average molecular weight is 352 g/mol. The Morgan fingerprint density at radius 2 is 2.30 bits per heavy atom. The lowest BCUT2D eigenvalue weighted by Crippen LogP contribution is -2.04. The smallest absolute Gasteiger partial charge is 0.153 e. The number of hydrogen-bond donors (Lipinski definition) is 0. The Morgan fingerprint density at radius 3 is 2.95 bits per heavy atom. The molecule has 2 rings (SSSR count). The van der Waals surface area contributed by atoms with Crippen LogP contribution in [-0.4, -0.2) is 24.1 Å². The Labute approximate surface area is 130 Å². The summed E-state index contributed by atoms with van der Waals surface area (Å²) >= 11 is 5.05. The van der Waals surface area contributed by atoms with Gasteiger partial charge >= 0.3 is 0 Å². The van der Waals surface area contributed by atoms with E-state index in [0.717, 1.165) is 27.6 Å². The minimum atomic E-state index is 0.504. The molecule has 1 aromatic heterocycles. The van der Waals surface area contributed by atoms with Crippen LogP contribution in [0.5, 0.6) is 5.75 Å². The number of aromatic nitrogens is 1. The van der Waals surface area contributed by atoms with Crippen LogP contribution in [0.2, 0.25) is 0 Å². The van der Waals surface area contributed by atoms with E-state index in [1.165, 1.54) is 0 Å². The standard InChI is InChI=1S/C15H14BrNO2S/c1-20-13-7-12(10-18)15(14(16)8-13)19-6-4-11-3-2-5-17-9-11/h2-3,5,7-10H,4,6H2,1H3. The fourth-order valence-corrected chi connectivity index (χ4v) is 2.99. The van der Waals surface area contributed by atoms with Crippen molar-refractivity contribution >= 4 is 34.0 Å². The highest BCUT2D eigenvalue weighted by atomic mass is 79.9. The molecule has 0 aliphatic rings. The monoisotopic (exact) mass is 351 g/mol. The molecule has 20 heavy (non-hydrogen) atoms. The molecule has 1 heterocycles. The van der Waals surface area contributed by atoms with Crippen molar-refractivity contribution in [1.29, 1.82) is 0 Å². The van der Waals surface area contributed by atoms with Crippen LogP contribution in [0.3, 0.4) is 0 Å². The van der Waals surface area contributed by atoms with Gasteiger partial charge < -0.3 is 4.74 Å². The summed E-state index contributed by atoms with van der Waals surface area (Å²) in [7, 11) is 0. The second-order valence-electron chi connectivity index (χ2n) is 4.11. The third-order valence-corrected chi connectivity index (χ3v) is 4.06. The number of hydrogen-bond acceptors (Lipinski definition) is 4. The van der Waals surface area contributed by atoms with Gasteiger partial charge in [-0.1, -0.05) is 6.07 Å². The number of aldehydes is 1. The molecule has 0 N–H and O–H groups in total. The van der Waals surface area contributed by atoms with E-state index in [2.05, 4.69) is 20.9 Å². The summed E-state index contributed by atoms with van der Waals surface area (Å²) in [5.74, 6) is 0.599. The fourth-order valence-electron chi connectivity index (χ4n) is 1.76. The second-order valence-corrected chi connectivity index (χ2v) is 5.84. The van der Waals surface area contributed by atoms with Crippen LogP contribution in [0.25, 0.3) is 0 Å². The van der Waals surface area contributed by atoms with Gasteiger partial charge in [0.1, 0.15) is 5.75 Å². The van der Waals surface area contributed by atoms with Crippen molar-refractivity contribution in [2.45, 2.75) is 11.3 Å². The molecule has 0 amide bonds. The highest BCUT2D eigenvalue weighted by Crippen LogP contribution is 2.33. The predicted molar refractivity (Wildman–Crippen MR) is 84.7 cm³/mol. The van der Waals surface area contributed by atoms with Crippen molar-refractivity contribution in [1.82, 2.24) is 4.98 Å². The van der Waals surface area contributed by atoms with E-state index in [1.54, 1.807) is 18.0 Å². The van der Waals surface area contributed by atoms with E-state index in [0.29, 0.717) is 17.9 Å². The molecule has 0 bridgehead atoms. The zero-order valence-electron chi connectivity index (χ0n) is 11.0. The number of rotatable bonds is 6. The van der Waals surface area contributed by atoms with Crippen molar-refractivity contribution in [3.8, 4) is 5.75 Å². The number of halogens is 1. The maximum absolute atomic E-state index is 11.2. The van der Waals surface area contributed by atoms with Crippen molar-refractivity contribution in [3.05, 3.63) is 52.3 Å². The Bertz CT molecular complexity index is 590. The molecule has 0 saturated heterocycles. The maximum atomic E-state index is 11.2. The van der Waals surface area contributed by atoms with Gasteiger partial charge in [0, 0.05) is 23.7 Å². The van der Waals surface area contributed by atoms with Gasteiger partial charge in [0.2, 0.25) is 0 Å². The van der Waals surface area contributed by atoms with Gasteiger partial charge in [-0.2, -0.15) is 0 Å². The van der Waals surface area contributed by atoms with Gasteiger partial charge in [0.05, 0.1) is 16.6 Å². The first-order valence-corrected chi connectivity index (χ1v) is 8.10. The molecule has 5 heteroatoms. The molecule has 0 saturated carbocycles. The minimum Gasteiger partial charge on any atom is -0.491 e. The molecule has 104 valence electrons. The zero-order chi connectivity index (χ0) is 14.4. The molecule has 0 unspecified atom stereocenters. The molecule has 0 spiro atoms. The van der Waals surface area contributed by atoms with Crippen LogP contribution >= 0.6 is 27.7 Å². The molecular weight excluding hydrogens is 338 g/mol. The van der Waals surface area contributed by atoms with Crippen LogP contribution in [-0.2, 0) is 6.42 Å². The molecule has 0 aliphatic carbocycles. The summed E-state index contributed by atoms with van der Waals surface area (Å²) in [5, 5.41) is 0. The molecule has 0 radical (unpaired) electrons. The fraction of sp³-hybridized carbons (Fsp3) is 0.200. The third-order valence-electron chi connectivity index (χ3n) is 2.77. The first-order valence-electron chi connectivity index (χ1n) is 6.09. The quantitative estimate of drug-likeness (QED) is 0.582. The number of carbonyl (C=O) groups excluding carboxylic acids is 1. The van der Waals surface area contributed by atoms with Gasteiger partial charge in [-0.15, -0.1) is 11.8 Å². The summed E-state index contributed by atoms with van der Waals surface area (Å²) in [5.41, 5.74) is 1.67. The van der Waals surface area contributed by atoms with Gasteiger partial charge in [0.15, 0.2) is 6.29 Å². The molecule has 0 fully saturated rings. The number of ether oxygens (including phenoxy) is 1. The van der Waals surface area contributed by atoms with E-state index in [9.17, 15) is 4.79 Å². The number of carbonyl (C=O) groups is 1. The van der Waals surface area contributed by atoms with Gasteiger partial charge in [0.25, 0.3) is 0 Å². The van der Waals surface area contributed by atoms with Crippen LogP contribution in [0.15, 0.2) is 46.0 Å². The normalized spacial score (nSPS) is 10.3.